The van der Waals surface area contributed by atoms with Crippen molar-refractivity contribution in [3.63, 3.8) is 0 Å². The number of rotatable bonds is 4. The molecular weight excluding hydrogens is 253 g/mol. The molecule has 4 nitrogen and oxygen atoms in total. The summed E-state index contributed by atoms with van der Waals surface area (Å²) in [7, 11) is 0. The Bertz CT molecular complexity index is 582. The van der Waals surface area contributed by atoms with Gasteiger partial charge in [0, 0.05) is 10.9 Å². The number of amidine groups is 1. The lowest BCUT2D eigenvalue weighted by Crippen LogP contribution is -2.11. The van der Waals surface area contributed by atoms with Crippen LogP contribution in [0.5, 0.6) is 5.75 Å². The minimum atomic E-state index is -0.533. The summed E-state index contributed by atoms with van der Waals surface area (Å²) in [5, 5.41) is 10.0. The second-order valence-electron chi connectivity index (χ2n) is 3.71. The van der Waals surface area contributed by atoms with Crippen molar-refractivity contribution in [3.8, 4) is 5.75 Å². The maximum atomic E-state index is 13.6. The Kier molecular flexibility index (Phi) is 3.57. The Balaban J connectivity index is 2.08. The van der Waals surface area contributed by atoms with Gasteiger partial charge in [0.15, 0.2) is 11.6 Å². The summed E-state index contributed by atoms with van der Waals surface area (Å²) in [6, 6.07) is 4.20. The van der Waals surface area contributed by atoms with Gasteiger partial charge in [0.25, 0.3) is 0 Å². The van der Waals surface area contributed by atoms with Gasteiger partial charge in [-0.3, -0.25) is 5.41 Å². The number of ether oxygens (including phenoxy) is 1. The van der Waals surface area contributed by atoms with Crippen molar-refractivity contribution in [1.82, 2.24) is 4.98 Å². The number of thiazole rings is 1. The number of nitrogens with zero attached hydrogens (tertiary/aromatic N) is 1. The van der Waals surface area contributed by atoms with E-state index in [1.54, 1.807) is 6.07 Å². The van der Waals surface area contributed by atoms with E-state index in [9.17, 15) is 4.39 Å². The van der Waals surface area contributed by atoms with Crippen LogP contribution in [0.3, 0.4) is 0 Å². The highest BCUT2D eigenvalue weighted by Gasteiger charge is 2.07. The summed E-state index contributed by atoms with van der Waals surface area (Å²) < 4.78 is 19.0. The lowest BCUT2D eigenvalue weighted by atomic mass is 10.2. The molecule has 2 aromatic rings. The highest BCUT2D eigenvalue weighted by molar-refractivity contribution is 7.09. The van der Waals surface area contributed by atoms with Crippen LogP contribution in [0.25, 0.3) is 0 Å². The molecule has 0 spiro atoms. The molecule has 1 heterocycles. The van der Waals surface area contributed by atoms with E-state index in [4.69, 9.17) is 15.9 Å². The maximum absolute atomic E-state index is 13.6. The van der Waals surface area contributed by atoms with Gasteiger partial charge in [0.1, 0.15) is 12.4 Å². The molecule has 2 rings (SSSR count). The van der Waals surface area contributed by atoms with Gasteiger partial charge in [-0.15, -0.1) is 11.3 Å². The topological polar surface area (TPSA) is 72.0 Å². The number of nitrogens with two attached hydrogens (primary N) is 1. The highest BCUT2D eigenvalue weighted by atomic mass is 32.1. The molecule has 0 radical (unpaired) electrons. The third-order valence-electron chi connectivity index (χ3n) is 2.29. The van der Waals surface area contributed by atoms with Crippen LogP contribution in [0, 0.1) is 18.2 Å². The zero-order valence-corrected chi connectivity index (χ0v) is 10.6. The fraction of sp³-hybridized carbons (Fsp3) is 0.167. The van der Waals surface area contributed by atoms with Gasteiger partial charge in [-0.2, -0.15) is 0 Å². The fourth-order valence-corrected chi connectivity index (χ4v) is 2.01. The number of aromatic nitrogens is 1. The second kappa shape index (κ2) is 5.14. The summed E-state index contributed by atoms with van der Waals surface area (Å²) in [6.07, 6.45) is 0. The Morgan fingerprint density at radius 1 is 1.56 bits per heavy atom. The number of nitrogen functional groups attached to an aromatic ring is 1. The molecule has 0 aliphatic rings. The van der Waals surface area contributed by atoms with Crippen molar-refractivity contribution in [2.24, 2.45) is 5.73 Å². The van der Waals surface area contributed by atoms with E-state index in [2.05, 4.69) is 4.98 Å². The summed E-state index contributed by atoms with van der Waals surface area (Å²) in [4.78, 5) is 4.22. The van der Waals surface area contributed by atoms with Crippen molar-refractivity contribution in [2.75, 3.05) is 0 Å². The first-order chi connectivity index (χ1) is 8.56. The molecule has 0 unspecified atom stereocenters. The first-order valence-corrected chi connectivity index (χ1v) is 6.12. The minimum absolute atomic E-state index is 0.130. The number of benzene rings is 1. The Morgan fingerprint density at radius 2 is 2.33 bits per heavy atom. The van der Waals surface area contributed by atoms with E-state index in [-0.39, 0.29) is 18.2 Å². The van der Waals surface area contributed by atoms with Crippen LogP contribution >= 0.6 is 11.3 Å². The monoisotopic (exact) mass is 265 g/mol. The molecule has 0 atom stereocenters. The Hall–Kier alpha value is -1.95. The van der Waals surface area contributed by atoms with Crippen LogP contribution in [0.2, 0.25) is 0 Å². The van der Waals surface area contributed by atoms with Crippen molar-refractivity contribution >= 4 is 17.2 Å². The number of aryl methyl sites for hydroxylation is 1. The molecule has 1 aromatic heterocycles. The molecule has 0 fully saturated rings. The summed E-state index contributed by atoms with van der Waals surface area (Å²) in [5.41, 5.74) is 6.38. The lowest BCUT2D eigenvalue weighted by Gasteiger charge is -2.06. The third-order valence-corrected chi connectivity index (χ3v) is 3.11. The zero-order valence-electron chi connectivity index (χ0n) is 9.74. The molecular formula is C12H12FN3OS. The quantitative estimate of drug-likeness (QED) is 0.659. The predicted octanol–water partition coefficient (Wildman–Crippen LogP) is 2.45. The number of hydrogen-bond acceptors (Lipinski definition) is 4. The van der Waals surface area contributed by atoms with E-state index in [1.165, 1.54) is 23.5 Å². The van der Waals surface area contributed by atoms with Crippen LogP contribution in [-0.2, 0) is 6.61 Å². The van der Waals surface area contributed by atoms with Gasteiger partial charge in [0.05, 0.1) is 10.7 Å². The Labute approximate surface area is 108 Å². The normalized spacial score (nSPS) is 10.3. The van der Waals surface area contributed by atoms with Gasteiger partial charge >= 0.3 is 0 Å². The Morgan fingerprint density at radius 3 is 2.89 bits per heavy atom. The first-order valence-electron chi connectivity index (χ1n) is 5.24. The van der Waals surface area contributed by atoms with Crippen LogP contribution in [0.15, 0.2) is 23.6 Å². The van der Waals surface area contributed by atoms with E-state index in [0.29, 0.717) is 5.56 Å². The molecule has 0 aliphatic carbocycles. The molecule has 0 saturated carbocycles. The van der Waals surface area contributed by atoms with Crippen molar-refractivity contribution in [3.05, 3.63) is 45.7 Å². The van der Waals surface area contributed by atoms with Gasteiger partial charge in [-0.05, 0) is 25.1 Å². The summed E-state index contributed by atoms with van der Waals surface area (Å²) in [6.45, 7) is 2.12. The minimum Gasteiger partial charge on any atom is -0.484 e. The molecule has 0 amide bonds. The molecule has 6 heteroatoms. The van der Waals surface area contributed by atoms with Crippen molar-refractivity contribution in [2.45, 2.75) is 13.5 Å². The molecule has 0 bridgehead atoms. The highest BCUT2D eigenvalue weighted by Crippen LogP contribution is 2.20. The number of hydrogen-bond donors (Lipinski definition) is 2. The van der Waals surface area contributed by atoms with E-state index in [1.807, 2.05) is 12.3 Å². The van der Waals surface area contributed by atoms with Gasteiger partial charge < -0.3 is 10.5 Å². The molecule has 18 heavy (non-hydrogen) atoms. The maximum Gasteiger partial charge on any atom is 0.165 e. The van der Waals surface area contributed by atoms with E-state index in [0.717, 1.165) is 10.7 Å². The average molecular weight is 265 g/mol. The first kappa shape index (κ1) is 12.5. The standard InChI is InChI=1S/C12H12FN3OS/c1-7-16-9(6-18-7)5-17-11-3-2-8(12(14)15)4-10(11)13/h2-4,6H,5H2,1H3,(H3,14,15). The SMILES string of the molecule is Cc1nc(COc2ccc(C(=N)N)cc2F)cs1. The molecule has 1 aromatic carbocycles. The average Bonchev–Trinajstić information content (AvgIpc) is 2.73. The number of halogens is 1. The molecule has 94 valence electrons. The largest absolute Gasteiger partial charge is 0.484 e. The van der Waals surface area contributed by atoms with Crippen molar-refractivity contribution in [1.29, 1.82) is 5.41 Å². The molecule has 3 N–H and O–H groups in total. The molecule has 0 aliphatic heterocycles. The second-order valence-corrected chi connectivity index (χ2v) is 4.77. The van der Waals surface area contributed by atoms with Crippen LogP contribution < -0.4 is 10.5 Å². The summed E-state index contributed by atoms with van der Waals surface area (Å²) in [5.74, 6) is -0.573. The van der Waals surface area contributed by atoms with Crippen LogP contribution in [0.4, 0.5) is 4.39 Å². The van der Waals surface area contributed by atoms with Crippen LogP contribution in [0.1, 0.15) is 16.3 Å². The van der Waals surface area contributed by atoms with E-state index >= 15 is 0 Å². The van der Waals surface area contributed by atoms with Crippen molar-refractivity contribution < 1.29 is 9.13 Å². The van der Waals surface area contributed by atoms with Gasteiger partial charge in [0.2, 0.25) is 0 Å². The lowest BCUT2D eigenvalue weighted by molar-refractivity contribution is 0.286. The van der Waals surface area contributed by atoms with Gasteiger partial charge in [-0.1, -0.05) is 0 Å². The number of nitrogens with one attached hydrogen (secondary N) is 1. The molecule has 0 saturated heterocycles. The zero-order chi connectivity index (χ0) is 13.1. The van der Waals surface area contributed by atoms with E-state index < -0.39 is 5.82 Å². The van der Waals surface area contributed by atoms with Gasteiger partial charge in [-0.25, -0.2) is 9.37 Å². The summed E-state index contributed by atoms with van der Waals surface area (Å²) >= 11 is 1.52. The third kappa shape index (κ3) is 2.84. The van der Waals surface area contributed by atoms with Crippen LogP contribution in [-0.4, -0.2) is 10.8 Å². The fourth-order valence-electron chi connectivity index (χ4n) is 1.41. The predicted molar refractivity (Wildman–Crippen MR) is 68.6 cm³/mol. The smallest absolute Gasteiger partial charge is 0.165 e.